The van der Waals surface area contributed by atoms with Crippen LogP contribution in [0.15, 0.2) is 0 Å². The molecule has 2 bridgehead atoms. The van der Waals surface area contributed by atoms with Crippen LogP contribution in [0.3, 0.4) is 0 Å². The highest BCUT2D eigenvalue weighted by atomic mass is 16.5. The van der Waals surface area contributed by atoms with Crippen LogP contribution >= 0.6 is 0 Å². The van der Waals surface area contributed by atoms with Crippen molar-refractivity contribution in [3.63, 3.8) is 0 Å². The molecule has 2 heteroatoms. The van der Waals surface area contributed by atoms with E-state index in [-0.39, 0.29) is 0 Å². The summed E-state index contributed by atoms with van der Waals surface area (Å²) in [7, 11) is 0. The van der Waals surface area contributed by atoms with Gasteiger partial charge in [-0.2, -0.15) is 0 Å². The molecule has 4 atom stereocenters. The largest absolute Gasteiger partial charge is 0.375 e. The van der Waals surface area contributed by atoms with Crippen molar-refractivity contribution in [1.82, 2.24) is 0 Å². The van der Waals surface area contributed by atoms with Gasteiger partial charge in [-0.15, -0.1) is 0 Å². The van der Waals surface area contributed by atoms with E-state index in [0.29, 0.717) is 24.2 Å². The van der Waals surface area contributed by atoms with Crippen LogP contribution < -0.4 is 5.73 Å². The Morgan fingerprint density at radius 3 is 2.62 bits per heavy atom. The van der Waals surface area contributed by atoms with Crippen molar-refractivity contribution in [1.29, 1.82) is 0 Å². The molecule has 0 spiro atoms. The molecule has 0 amide bonds. The molecule has 3 aliphatic rings. The summed E-state index contributed by atoms with van der Waals surface area (Å²) in [5.41, 5.74) is 6.23. The van der Waals surface area contributed by atoms with E-state index in [2.05, 4.69) is 0 Å². The van der Waals surface area contributed by atoms with Crippen LogP contribution in [0.1, 0.15) is 38.5 Å². The first-order valence-electron chi connectivity index (χ1n) is 5.74. The van der Waals surface area contributed by atoms with E-state index >= 15 is 0 Å². The van der Waals surface area contributed by atoms with Crippen LogP contribution in [0.25, 0.3) is 0 Å². The predicted octanol–water partition coefficient (Wildman–Crippen LogP) is 1.68. The van der Waals surface area contributed by atoms with E-state index in [4.69, 9.17) is 10.5 Å². The molecule has 4 unspecified atom stereocenters. The van der Waals surface area contributed by atoms with E-state index in [1.54, 1.807) is 0 Å². The summed E-state index contributed by atoms with van der Waals surface area (Å²) in [5, 5.41) is 0. The molecule has 3 rings (SSSR count). The van der Waals surface area contributed by atoms with E-state index in [9.17, 15) is 0 Å². The van der Waals surface area contributed by atoms with Crippen LogP contribution in [0.2, 0.25) is 0 Å². The molecule has 2 heterocycles. The molecule has 2 N–H and O–H groups in total. The summed E-state index contributed by atoms with van der Waals surface area (Å²) in [4.78, 5) is 0. The minimum absolute atomic E-state index is 0.433. The molecule has 1 aliphatic carbocycles. The number of hydrogen-bond acceptors (Lipinski definition) is 2. The zero-order chi connectivity index (χ0) is 8.84. The van der Waals surface area contributed by atoms with Gasteiger partial charge in [-0.3, -0.25) is 0 Å². The Labute approximate surface area is 79.8 Å². The molecule has 0 aromatic heterocycles. The second kappa shape index (κ2) is 2.96. The first-order chi connectivity index (χ1) is 6.33. The zero-order valence-corrected chi connectivity index (χ0v) is 8.11. The topological polar surface area (TPSA) is 35.2 Å². The number of ether oxygens (including phenoxy) is 1. The Kier molecular flexibility index (Phi) is 1.88. The van der Waals surface area contributed by atoms with Crippen molar-refractivity contribution in [3.05, 3.63) is 0 Å². The van der Waals surface area contributed by atoms with Gasteiger partial charge in [0.15, 0.2) is 0 Å². The van der Waals surface area contributed by atoms with Gasteiger partial charge in [-0.25, -0.2) is 0 Å². The summed E-state index contributed by atoms with van der Waals surface area (Å²) >= 11 is 0. The second-order valence-electron chi connectivity index (χ2n) is 5.12. The summed E-state index contributed by atoms with van der Waals surface area (Å²) in [5.74, 6) is 1.66. The zero-order valence-electron chi connectivity index (χ0n) is 8.11. The summed E-state index contributed by atoms with van der Waals surface area (Å²) < 4.78 is 5.83. The summed E-state index contributed by atoms with van der Waals surface area (Å²) in [6.07, 6.45) is 9.02. The highest BCUT2D eigenvalue weighted by molar-refractivity contribution is 4.95. The fourth-order valence-corrected chi connectivity index (χ4v) is 3.04. The first kappa shape index (κ1) is 8.25. The maximum atomic E-state index is 6.23. The maximum absolute atomic E-state index is 6.23. The van der Waals surface area contributed by atoms with Gasteiger partial charge in [0.25, 0.3) is 0 Å². The molecule has 2 saturated heterocycles. The van der Waals surface area contributed by atoms with E-state index in [1.807, 2.05) is 0 Å². The van der Waals surface area contributed by atoms with Crippen LogP contribution in [-0.4, -0.2) is 18.2 Å². The van der Waals surface area contributed by atoms with Crippen LogP contribution in [-0.2, 0) is 4.74 Å². The fourth-order valence-electron chi connectivity index (χ4n) is 3.04. The average molecular weight is 181 g/mol. The number of rotatable bonds is 3. The van der Waals surface area contributed by atoms with Crippen molar-refractivity contribution < 1.29 is 4.74 Å². The maximum Gasteiger partial charge on any atom is 0.0623 e. The van der Waals surface area contributed by atoms with Gasteiger partial charge in [0.05, 0.1) is 12.2 Å². The number of fused-ring (bicyclic) bond motifs is 2. The quantitative estimate of drug-likeness (QED) is 0.719. The summed E-state index contributed by atoms with van der Waals surface area (Å²) in [6.45, 7) is 0. The SMILES string of the molecule is NC(CC1CC1)C1CC2CCC1O2. The lowest BCUT2D eigenvalue weighted by atomic mass is 9.82. The van der Waals surface area contributed by atoms with Gasteiger partial charge in [-0.05, 0) is 31.6 Å². The first-order valence-corrected chi connectivity index (χ1v) is 5.74. The van der Waals surface area contributed by atoms with E-state index in [0.717, 1.165) is 5.92 Å². The van der Waals surface area contributed by atoms with E-state index in [1.165, 1.54) is 38.5 Å². The third-order valence-corrected chi connectivity index (χ3v) is 4.01. The Morgan fingerprint density at radius 2 is 2.08 bits per heavy atom. The highest BCUT2D eigenvalue weighted by Gasteiger charge is 2.44. The monoisotopic (exact) mass is 181 g/mol. The molecule has 0 aromatic carbocycles. The Bertz CT molecular complexity index is 202. The fraction of sp³-hybridized carbons (Fsp3) is 1.00. The molecule has 2 nitrogen and oxygen atoms in total. The molecule has 0 aromatic rings. The average Bonchev–Trinajstić information content (AvgIpc) is 2.71. The minimum atomic E-state index is 0.433. The lowest BCUT2D eigenvalue weighted by Gasteiger charge is -2.25. The third kappa shape index (κ3) is 1.50. The van der Waals surface area contributed by atoms with Gasteiger partial charge in [0, 0.05) is 12.0 Å². The van der Waals surface area contributed by atoms with Crippen molar-refractivity contribution in [2.75, 3.05) is 0 Å². The second-order valence-corrected chi connectivity index (χ2v) is 5.12. The molecule has 2 aliphatic heterocycles. The van der Waals surface area contributed by atoms with Crippen molar-refractivity contribution in [2.45, 2.75) is 56.8 Å². The molecule has 0 radical (unpaired) electrons. The molecule has 1 saturated carbocycles. The Morgan fingerprint density at radius 1 is 1.23 bits per heavy atom. The lowest BCUT2D eigenvalue weighted by Crippen LogP contribution is -2.36. The van der Waals surface area contributed by atoms with Crippen LogP contribution in [0.5, 0.6) is 0 Å². The highest BCUT2D eigenvalue weighted by Crippen LogP contribution is 2.43. The Balaban J connectivity index is 1.58. The van der Waals surface area contributed by atoms with Gasteiger partial charge in [0.2, 0.25) is 0 Å². The van der Waals surface area contributed by atoms with Gasteiger partial charge >= 0.3 is 0 Å². The van der Waals surface area contributed by atoms with Gasteiger partial charge in [-0.1, -0.05) is 12.8 Å². The van der Waals surface area contributed by atoms with Crippen LogP contribution in [0.4, 0.5) is 0 Å². The normalized spacial score (nSPS) is 45.5. The smallest absolute Gasteiger partial charge is 0.0623 e. The standard InChI is InChI=1S/C11H19NO/c12-10(5-7-1-2-7)9-6-8-3-4-11(9)13-8/h7-11H,1-6,12H2. The minimum Gasteiger partial charge on any atom is -0.375 e. The molecule has 74 valence electrons. The predicted molar refractivity (Wildman–Crippen MR) is 51.3 cm³/mol. The number of hydrogen-bond donors (Lipinski definition) is 1. The Hall–Kier alpha value is -0.0800. The summed E-state index contributed by atoms with van der Waals surface area (Å²) in [6, 6.07) is 0.433. The molecule has 3 fully saturated rings. The lowest BCUT2D eigenvalue weighted by molar-refractivity contribution is 0.0876. The van der Waals surface area contributed by atoms with E-state index < -0.39 is 0 Å². The van der Waals surface area contributed by atoms with Crippen molar-refractivity contribution >= 4 is 0 Å². The molecular formula is C11H19NO. The van der Waals surface area contributed by atoms with Crippen molar-refractivity contribution in [2.24, 2.45) is 17.6 Å². The molecule has 13 heavy (non-hydrogen) atoms. The number of nitrogens with two attached hydrogens (primary N) is 1. The van der Waals surface area contributed by atoms with Crippen molar-refractivity contribution in [3.8, 4) is 0 Å². The van der Waals surface area contributed by atoms with Gasteiger partial charge in [0.1, 0.15) is 0 Å². The van der Waals surface area contributed by atoms with Gasteiger partial charge < -0.3 is 10.5 Å². The third-order valence-electron chi connectivity index (χ3n) is 4.01. The van der Waals surface area contributed by atoms with Crippen LogP contribution in [0, 0.1) is 11.8 Å². The molecular weight excluding hydrogens is 162 g/mol.